The molecule has 2 aromatic rings. The smallest absolute Gasteiger partial charge is 0.356 e. The van der Waals surface area contributed by atoms with Crippen molar-refractivity contribution in [3.63, 3.8) is 0 Å². The van der Waals surface area contributed by atoms with Crippen molar-refractivity contribution in [1.82, 2.24) is 4.98 Å². The molecular weight excluding hydrogens is 214 g/mol. The van der Waals surface area contributed by atoms with Gasteiger partial charge in [0.2, 0.25) is 0 Å². The van der Waals surface area contributed by atoms with Gasteiger partial charge in [0.15, 0.2) is 0 Å². The number of carbonyl (C=O) groups is 1. The van der Waals surface area contributed by atoms with Crippen molar-refractivity contribution in [2.24, 2.45) is 0 Å². The predicted octanol–water partition coefficient (Wildman–Crippen LogP) is 2.84. The maximum absolute atomic E-state index is 11.5. The van der Waals surface area contributed by atoms with Crippen LogP contribution in [0, 0.1) is 6.92 Å². The molecule has 3 nitrogen and oxygen atoms in total. The Labute approximate surface area is 100 Å². The minimum absolute atomic E-state index is 0.339. The van der Waals surface area contributed by atoms with Crippen molar-refractivity contribution in [2.45, 2.75) is 6.92 Å². The predicted molar refractivity (Wildman–Crippen MR) is 65.7 cm³/mol. The van der Waals surface area contributed by atoms with Crippen molar-refractivity contribution in [3.05, 3.63) is 53.9 Å². The van der Waals surface area contributed by atoms with Crippen LogP contribution in [-0.4, -0.2) is 18.1 Å². The highest BCUT2D eigenvalue weighted by molar-refractivity contribution is 5.88. The van der Waals surface area contributed by atoms with E-state index in [1.165, 1.54) is 7.11 Å². The van der Waals surface area contributed by atoms with E-state index >= 15 is 0 Å². The topological polar surface area (TPSA) is 39.2 Å². The second-order valence-corrected chi connectivity index (χ2v) is 3.74. The van der Waals surface area contributed by atoms with Crippen LogP contribution in [0.5, 0.6) is 0 Å². The third-order valence-corrected chi connectivity index (χ3v) is 2.46. The van der Waals surface area contributed by atoms with Gasteiger partial charge in [0.25, 0.3) is 0 Å². The Morgan fingerprint density at radius 1 is 1.12 bits per heavy atom. The van der Waals surface area contributed by atoms with Crippen molar-refractivity contribution in [3.8, 4) is 11.1 Å². The van der Waals surface area contributed by atoms with Gasteiger partial charge in [0.05, 0.1) is 7.11 Å². The van der Waals surface area contributed by atoms with E-state index in [4.69, 9.17) is 0 Å². The Bertz CT molecular complexity index is 535. The number of ether oxygens (including phenoxy) is 1. The van der Waals surface area contributed by atoms with Crippen LogP contribution in [0.3, 0.4) is 0 Å². The molecule has 0 radical (unpaired) electrons. The molecule has 17 heavy (non-hydrogen) atoms. The van der Waals surface area contributed by atoms with Crippen LogP contribution in [0.15, 0.2) is 42.5 Å². The molecule has 0 bridgehead atoms. The van der Waals surface area contributed by atoms with E-state index in [9.17, 15) is 4.79 Å². The summed E-state index contributed by atoms with van der Waals surface area (Å²) in [5.74, 6) is -0.411. The van der Waals surface area contributed by atoms with Crippen LogP contribution in [0.25, 0.3) is 11.1 Å². The molecule has 0 unspecified atom stereocenters. The monoisotopic (exact) mass is 227 g/mol. The van der Waals surface area contributed by atoms with E-state index in [1.54, 1.807) is 6.07 Å². The van der Waals surface area contributed by atoms with Gasteiger partial charge in [0.1, 0.15) is 5.69 Å². The first kappa shape index (κ1) is 11.3. The van der Waals surface area contributed by atoms with E-state index in [2.05, 4.69) is 9.72 Å². The maximum atomic E-state index is 11.5. The fraction of sp³-hybridized carbons (Fsp3) is 0.143. The molecule has 0 saturated heterocycles. The fourth-order valence-electron chi connectivity index (χ4n) is 1.67. The first-order valence-corrected chi connectivity index (χ1v) is 5.33. The molecular formula is C14H13NO2. The van der Waals surface area contributed by atoms with Gasteiger partial charge in [-0.3, -0.25) is 0 Å². The van der Waals surface area contributed by atoms with Crippen molar-refractivity contribution in [1.29, 1.82) is 0 Å². The second-order valence-electron chi connectivity index (χ2n) is 3.74. The van der Waals surface area contributed by atoms with Crippen LogP contribution in [0.2, 0.25) is 0 Å². The largest absolute Gasteiger partial charge is 0.464 e. The van der Waals surface area contributed by atoms with Crippen molar-refractivity contribution < 1.29 is 9.53 Å². The number of rotatable bonds is 2. The molecule has 0 amide bonds. The highest BCUT2D eigenvalue weighted by Crippen LogP contribution is 2.20. The standard InChI is InChI=1S/C14H13NO2/c1-10-8-12(11-6-4-3-5-7-11)9-13(15-10)14(16)17-2/h3-9H,1-2H3. The molecule has 1 heterocycles. The molecule has 0 fully saturated rings. The molecule has 0 spiro atoms. The van der Waals surface area contributed by atoms with Gasteiger partial charge in [-0.05, 0) is 30.2 Å². The van der Waals surface area contributed by atoms with Crippen LogP contribution >= 0.6 is 0 Å². The summed E-state index contributed by atoms with van der Waals surface area (Å²) in [7, 11) is 1.36. The van der Waals surface area contributed by atoms with Crippen LogP contribution in [0.4, 0.5) is 0 Å². The van der Waals surface area contributed by atoms with Gasteiger partial charge in [-0.2, -0.15) is 0 Å². The Kier molecular flexibility index (Phi) is 3.19. The lowest BCUT2D eigenvalue weighted by Gasteiger charge is -2.05. The Hall–Kier alpha value is -2.16. The van der Waals surface area contributed by atoms with E-state index in [0.717, 1.165) is 16.8 Å². The van der Waals surface area contributed by atoms with Crippen LogP contribution in [0.1, 0.15) is 16.2 Å². The Balaban J connectivity index is 2.49. The number of benzene rings is 1. The molecule has 0 atom stereocenters. The number of pyridine rings is 1. The highest BCUT2D eigenvalue weighted by Gasteiger charge is 2.09. The molecule has 0 aliphatic rings. The summed E-state index contributed by atoms with van der Waals surface area (Å²) >= 11 is 0. The van der Waals surface area contributed by atoms with Gasteiger partial charge >= 0.3 is 5.97 Å². The molecule has 86 valence electrons. The number of hydrogen-bond donors (Lipinski definition) is 0. The van der Waals surface area contributed by atoms with Crippen molar-refractivity contribution >= 4 is 5.97 Å². The number of esters is 1. The van der Waals surface area contributed by atoms with E-state index in [1.807, 2.05) is 43.3 Å². The molecule has 0 saturated carbocycles. The van der Waals surface area contributed by atoms with Gasteiger partial charge in [-0.1, -0.05) is 30.3 Å². The summed E-state index contributed by atoms with van der Waals surface area (Å²) in [6.07, 6.45) is 0. The normalized spacial score (nSPS) is 10.0. The van der Waals surface area contributed by atoms with Crippen LogP contribution < -0.4 is 0 Å². The van der Waals surface area contributed by atoms with Crippen molar-refractivity contribution in [2.75, 3.05) is 7.11 Å². The fourth-order valence-corrected chi connectivity index (χ4v) is 1.67. The number of carbonyl (C=O) groups excluding carboxylic acids is 1. The van der Waals surface area contributed by atoms with Gasteiger partial charge in [-0.25, -0.2) is 9.78 Å². The number of aryl methyl sites for hydroxylation is 1. The average molecular weight is 227 g/mol. The third kappa shape index (κ3) is 2.50. The average Bonchev–Trinajstić information content (AvgIpc) is 2.38. The molecule has 0 aliphatic heterocycles. The summed E-state index contributed by atoms with van der Waals surface area (Å²) in [6, 6.07) is 13.6. The Morgan fingerprint density at radius 3 is 2.47 bits per heavy atom. The highest BCUT2D eigenvalue weighted by atomic mass is 16.5. The molecule has 0 aliphatic carbocycles. The number of nitrogens with zero attached hydrogens (tertiary/aromatic N) is 1. The quantitative estimate of drug-likeness (QED) is 0.740. The number of methoxy groups -OCH3 is 1. The Morgan fingerprint density at radius 2 is 1.82 bits per heavy atom. The van der Waals surface area contributed by atoms with E-state index < -0.39 is 5.97 Å². The zero-order chi connectivity index (χ0) is 12.3. The second kappa shape index (κ2) is 4.78. The number of aromatic nitrogens is 1. The van der Waals surface area contributed by atoms with E-state index in [-0.39, 0.29) is 0 Å². The summed E-state index contributed by atoms with van der Waals surface area (Å²) < 4.78 is 4.68. The lowest BCUT2D eigenvalue weighted by molar-refractivity contribution is 0.0594. The molecule has 1 aromatic carbocycles. The maximum Gasteiger partial charge on any atom is 0.356 e. The summed E-state index contributed by atoms with van der Waals surface area (Å²) in [6.45, 7) is 1.86. The molecule has 0 N–H and O–H groups in total. The molecule has 2 rings (SSSR count). The molecule has 3 heteroatoms. The minimum atomic E-state index is -0.411. The number of hydrogen-bond acceptors (Lipinski definition) is 3. The SMILES string of the molecule is COC(=O)c1cc(-c2ccccc2)cc(C)n1. The zero-order valence-corrected chi connectivity index (χ0v) is 9.81. The van der Waals surface area contributed by atoms with Gasteiger partial charge in [-0.15, -0.1) is 0 Å². The lowest BCUT2D eigenvalue weighted by atomic mass is 10.1. The minimum Gasteiger partial charge on any atom is -0.464 e. The molecule has 1 aromatic heterocycles. The summed E-state index contributed by atoms with van der Waals surface area (Å²) in [4.78, 5) is 15.6. The zero-order valence-electron chi connectivity index (χ0n) is 9.81. The third-order valence-electron chi connectivity index (χ3n) is 2.46. The lowest BCUT2D eigenvalue weighted by Crippen LogP contribution is -2.05. The summed E-state index contributed by atoms with van der Waals surface area (Å²) in [5, 5.41) is 0. The first-order chi connectivity index (χ1) is 8.20. The van der Waals surface area contributed by atoms with Gasteiger partial charge in [0, 0.05) is 5.69 Å². The van der Waals surface area contributed by atoms with Crippen LogP contribution in [-0.2, 0) is 4.74 Å². The first-order valence-electron chi connectivity index (χ1n) is 5.33. The van der Waals surface area contributed by atoms with Gasteiger partial charge < -0.3 is 4.74 Å². The summed E-state index contributed by atoms with van der Waals surface area (Å²) in [5.41, 5.74) is 3.17. The van der Waals surface area contributed by atoms with E-state index in [0.29, 0.717) is 5.69 Å².